The topological polar surface area (TPSA) is 83.8 Å². The molecule has 4 N–H and O–H groups in total. The van der Waals surface area contributed by atoms with E-state index < -0.39 is 0 Å². The number of nitrogens with two attached hydrogens (primary N) is 1. The summed E-state index contributed by atoms with van der Waals surface area (Å²) in [5, 5.41) is 9.57. The molecule has 1 aromatic heterocycles. The minimum atomic E-state index is -0.0859. The molecular weight excluding hydrogens is 240 g/mol. The second-order valence-corrected chi connectivity index (χ2v) is 4.42. The van der Waals surface area contributed by atoms with Crippen molar-refractivity contribution in [2.24, 2.45) is 5.73 Å². The van der Waals surface area contributed by atoms with E-state index in [0.29, 0.717) is 18.5 Å². The van der Waals surface area contributed by atoms with E-state index in [4.69, 9.17) is 5.73 Å². The summed E-state index contributed by atoms with van der Waals surface area (Å²) in [6.45, 7) is 2.45. The maximum Gasteiger partial charge on any atom is 0.252 e. The summed E-state index contributed by atoms with van der Waals surface area (Å²) in [4.78, 5) is 12.3. The number of aromatic nitrogens is 2. The Morgan fingerprint density at radius 2 is 2.26 bits per heavy atom. The van der Waals surface area contributed by atoms with Gasteiger partial charge >= 0.3 is 0 Å². The van der Waals surface area contributed by atoms with Crippen molar-refractivity contribution in [3.05, 3.63) is 53.3 Å². The molecule has 19 heavy (non-hydrogen) atoms. The third-order valence-corrected chi connectivity index (χ3v) is 3.04. The summed E-state index contributed by atoms with van der Waals surface area (Å²) in [6.07, 6.45) is 4.18. The second kappa shape index (κ2) is 6.15. The molecule has 0 aliphatic carbocycles. The Labute approximate surface area is 112 Å². The molecule has 100 valence electrons. The number of carbonyl (C=O) groups excluding carboxylic acids is 1. The Morgan fingerprint density at radius 3 is 2.95 bits per heavy atom. The zero-order valence-electron chi connectivity index (χ0n) is 10.9. The van der Waals surface area contributed by atoms with E-state index in [1.165, 1.54) is 0 Å². The van der Waals surface area contributed by atoms with Gasteiger partial charge in [-0.2, -0.15) is 5.10 Å². The predicted octanol–water partition coefficient (Wildman–Crippen LogP) is 1.40. The van der Waals surface area contributed by atoms with Gasteiger partial charge in [0.15, 0.2) is 0 Å². The lowest BCUT2D eigenvalue weighted by atomic mass is 10.0. The fourth-order valence-corrected chi connectivity index (χ4v) is 1.97. The molecule has 0 fully saturated rings. The van der Waals surface area contributed by atoms with Crippen molar-refractivity contribution in [2.75, 3.05) is 6.54 Å². The second-order valence-electron chi connectivity index (χ2n) is 4.42. The van der Waals surface area contributed by atoms with Gasteiger partial charge in [0.05, 0.1) is 12.2 Å². The Morgan fingerprint density at radius 1 is 1.47 bits per heavy atom. The lowest BCUT2D eigenvalue weighted by Gasteiger charge is -2.14. The average Bonchev–Trinajstić information content (AvgIpc) is 2.93. The van der Waals surface area contributed by atoms with Gasteiger partial charge in [-0.1, -0.05) is 18.2 Å². The van der Waals surface area contributed by atoms with Crippen LogP contribution in [0.4, 0.5) is 0 Å². The van der Waals surface area contributed by atoms with Gasteiger partial charge in [-0.15, -0.1) is 0 Å². The fourth-order valence-electron chi connectivity index (χ4n) is 1.97. The van der Waals surface area contributed by atoms with Crippen molar-refractivity contribution in [1.82, 2.24) is 15.5 Å². The first kappa shape index (κ1) is 13.3. The minimum absolute atomic E-state index is 0.0854. The molecular formula is C14H18N4O. The number of carbonyl (C=O) groups is 1. The Bertz CT molecular complexity index is 536. The molecule has 1 atom stereocenters. The molecule has 5 heteroatoms. The van der Waals surface area contributed by atoms with Gasteiger partial charge in [-0.3, -0.25) is 9.89 Å². The zero-order chi connectivity index (χ0) is 13.7. The number of nitrogens with one attached hydrogen (secondary N) is 2. The molecule has 0 spiro atoms. The van der Waals surface area contributed by atoms with Crippen molar-refractivity contribution in [3.8, 4) is 0 Å². The van der Waals surface area contributed by atoms with Crippen LogP contribution in [-0.2, 0) is 6.42 Å². The number of nitrogens with zero attached hydrogens (tertiary/aromatic N) is 1. The van der Waals surface area contributed by atoms with E-state index in [9.17, 15) is 4.79 Å². The first-order valence-corrected chi connectivity index (χ1v) is 6.30. The molecule has 1 heterocycles. The highest BCUT2D eigenvalue weighted by molar-refractivity contribution is 5.95. The van der Waals surface area contributed by atoms with E-state index >= 15 is 0 Å². The van der Waals surface area contributed by atoms with Crippen molar-refractivity contribution < 1.29 is 4.79 Å². The van der Waals surface area contributed by atoms with Crippen LogP contribution in [0.3, 0.4) is 0 Å². The third-order valence-electron chi connectivity index (χ3n) is 3.04. The first-order valence-electron chi connectivity index (χ1n) is 6.30. The van der Waals surface area contributed by atoms with Crippen LogP contribution in [-0.4, -0.2) is 22.6 Å². The normalized spacial score (nSPS) is 12.1. The molecule has 5 nitrogen and oxygen atoms in total. The van der Waals surface area contributed by atoms with Crippen LogP contribution < -0.4 is 11.1 Å². The smallest absolute Gasteiger partial charge is 0.252 e. The fraction of sp³-hybridized carbons (Fsp3) is 0.286. The van der Waals surface area contributed by atoms with Crippen LogP contribution in [0.5, 0.6) is 0 Å². The largest absolute Gasteiger partial charge is 0.345 e. The lowest BCUT2D eigenvalue weighted by Crippen LogP contribution is -2.27. The van der Waals surface area contributed by atoms with Crippen LogP contribution in [0.1, 0.15) is 34.5 Å². The molecule has 0 saturated heterocycles. The van der Waals surface area contributed by atoms with Gasteiger partial charge in [0.25, 0.3) is 5.91 Å². The molecule has 1 amide bonds. The zero-order valence-corrected chi connectivity index (χ0v) is 10.9. The number of hydrogen-bond acceptors (Lipinski definition) is 3. The first-order chi connectivity index (χ1) is 9.22. The summed E-state index contributed by atoms with van der Waals surface area (Å²) in [5.74, 6) is -0.0854. The highest BCUT2D eigenvalue weighted by Crippen LogP contribution is 2.13. The number of H-pyrrole nitrogens is 1. The van der Waals surface area contributed by atoms with Crippen molar-refractivity contribution in [3.63, 3.8) is 0 Å². The van der Waals surface area contributed by atoms with Crippen LogP contribution >= 0.6 is 0 Å². The minimum Gasteiger partial charge on any atom is -0.345 e. The van der Waals surface area contributed by atoms with Crippen LogP contribution in [0.2, 0.25) is 0 Å². The summed E-state index contributed by atoms with van der Waals surface area (Å²) in [6, 6.07) is 7.45. The highest BCUT2D eigenvalue weighted by atomic mass is 16.1. The van der Waals surface area contributed by atoms with Gasteiger partial charge in [-0.05, 0) is 31.5 Å². The molecule has 1 aromatic carbocycles. The van der Waals surface area contributed by atoms with E-state index in [1.807, 2.05) is 31.2 Å². The lowest BCUT2D eigenvalue weighted by molar-refractivity contribution is 0.0939. The van der Waals surface area contributed by atoms with E-state index in [1.54, 1.807) is 12.4 Å². The number of rotatable bonds is 5. The van der Waals surface area contributed by atoms with E-state index in [2.05, 4.69) is 15.5 Å². The Balaban J connectivity index is 2.11. The molecule has 2 aromatic rings. The SMILES string of the molecule is CC(NC(=O)c1ccccc1CCN)c1cn[nH]c1. The third kappa shape index (κ3) is 3.20. The summed E-state index contributed by atoms with van der Waals surface area (Å²) < 4.78 is 0. The van der Waals surface area contributed by atoms with Crippen molar-refractivity contribution in [1.29, 1.82) is 0 Å². The maximum atomic E-state index is 12.3. The molecule has 0 aliphatic heterocycles. The molecule has 0 aliphatic rings. The predicted molar refractivity (Wildman–Crippen MR) is 73.7 cm³/mol. The van der Waals surface area contributed by atoms with Crippen LogP contribution in [0.25, 0.3) is 0 Å². The quantitative estimate of drug-likeness (QED) is 0.758. The van der Waals surface area contributed by atoms with Crippen LogP contribution in [0, 0.1) is 0 Å². The average molecular weight is 258 g/mol. The molecule has 1 unspecified atom stereocenters. The van der Waals surface area contributed by atoms with Crippen LogP contribution in [0.15, 0.2) is 36.7 Å². The van der Waals surface area contributed by atoms with Gasteiger partial charge in [0.1, 0.15) is 0 Å². The van der Waals surface area contributed by atoms with Crippen molar-refractivity contribution >= 4 is 5.91 Å². The van der Waals surface area contributed by atoms with Gasteiger partial charge < -0.3 is 11.1 Å². The Hall–Kier alpha value is -2.14. The number of benzene rings is 1. The van der Waals surface area contributed by atoms with Gasteiger partial charge in [-0.25, -0.2) is 0 Å². The van der Waals surface area contributed by atoms with Gasteiger partial charge in [0, 0.05) is 17.3 Å². The van der Waals surface area contributed by atoms with Crippen molar-refractivity contribution in [2.45, 2.75) is 19.4 Å². The monoisotopic (exact) mass is 258 g/mol. The molecule has 0 saturated carbocycles. The Kier molecular flexibility index (Phi) is 4.30. The number of aromatic amines is 1. The van der Waals surface area contributed by atoms with Gasteiger partial charge in [0.2, 0.25) is 0 Å². The highest BCUT2D eigenvalue weighted by Gasteiger charge is 2.14. The molecule has 2 rings (SSSR count). The maximum absolute atomic E-state index is 12.3. The molecule has 0 bridgehead atoms. The number of hydrogen-bond donors (Lipinski definition) is 3. The standard InChI is InChI=1S/C14H18N4O/c1-10(12-8-16-17-9-12)18-14(19)13-5-3-2-4-11(13)6-7-15/h2-5,8-10H,6-7,15H2,1H3,(H,16,17)(H,18,19). The summed E-state index contributed by atoms with van der Waals surface area (Å²) in [7, 11) is 0. The molecule has 0 radical (unpaired) electrons. The number of amides is 1. The summed E-state index contributed by atoms with van der Waals surface area (Å²) in [5.41, 5.74) is 8.17. The van der Waals surface area contributed by atoms with E-state index in [-0.39, 0.29) is 11.9 Å². The van der Waals surface area contributed by atoms with E-state index in [0.717, 1.165) is 11.1 Å². The summed E-state index contributed by atoms with van der Waals surface area (Å²) >= 11 is 0.